The minimum absolute atomic E-state index is 0.276. The van der Waals surface area contributed by atoms with E-state index in [1.807, 2.05) is 31.2 Å². The summed E-state index contributed by atoms with van der Waals surface area (Å²) in [4.78, 5) is 0.276. The molecule has 0 atom stereocenters. The van der Waals surface area contributed by atoms with Crippen LogP contribution in [0.1, 0.15) is 16.7 Å². The van der Waals surface area contributed by atoms with Crippen LogP contribution in [-0.2, 0) is 16.4 Å². The molecule has 21 heavy (non-hydrogen) atoms. The third-order valence-electron chi connectivity index (χ3n) is 3.19. The van der Waals surface area contributed by atoms with Crippen LogP contribution < -0.4 is 4.72 Å². The van der Waals surface area contributed by atoms with Crippen molar-refractivity contribution < 1.29 is 8.42 Å². The Morgan fingerprint density at radius 3 is 2.43 bits per heavy atom. The van der Waals surface area contributed by atoms with E-state index in [0.29, 0.717) is 13.0 Å². The molecule has 0 saturated carbocycles. The van der Waals surface area contributed by atoms with Crippen LogP contribution in [0.4, 0.5) is 0 Å². The third kappa shape index (κ3) is 3.94. The summed E-state index contributed by atoms with van der Waals surface area (Å²) in [5, 5.41) is 0. The Labute approximate surface area is 126 Å². The van der Waals surface area contributed by atoms with E-state index in [1.54, 1.807) is 24.3 Å². The van der Waals surface area contributed by atoms with Gasteiger partial charge in [-0.1, -0.05) is 41.8 Å². The zero-order chi connectivity index (χ0) is 15.3. The molecule has 108 valence electrons. The molecule has 0 aromatic heterocycles. The number of benzene rings is 2. The Hall–Kier alpha value is -2.09. The topological polar surface area (TPSA) is 46.2 Å². The number of hydrogen-bond acceptors (Lipinski definition) is 2. The van der Waals surface area contributed by atoms with Gasteiger partial charge in [-0.05, 0) is 37.1 Å². The van der Waals surface area contributed by atoms with Gasteiger partial charge in [0.15, 0.2) is 0 Å². The van der Waals surface area contributed by atoms with E-state index in [4.69, 9.17) is 6.42 Å². The Bertz CT molecular complexity index is 756. The summed E-state index contributed by atoms with van der Waals surface area (Å²) in [5.41, 5.74) is 2.79. The van der Waals surface area contributed by atoms with Gasteiger partial charge in [-0.15, -0.1) is 6.42 Å². The average molecular weight is 299 g/mol. The van der Waals surface area contributed by atoms with Gasteiger partial charge in [0.1, 0.15) is 0 Å². The zero-order valence-corrected chi connectivity index (χ0v) is 12.7. The highest BCUT2D eigenvalue weighted by Gasteiger charge is 2.12. The van der Waals surface area contributed by atoms with Gasteiger partial charge in [0.25, 0.3) is 0 Å². The van der Waals surface area contributed by atoms with Crippen LogP contribution in [0.2, 0.25) is 0 Å². The first-order valence-electron chi connectivity index (χ1n) is 6.64. The molecule has 0 amide bonds. The maximum absolute atomic E-state index is 12.1. The minimum Gasteiger partial charge on any atom is -0.211 e. The maximum Gasteiger partial charge on any atom is 0.240 e. The first-order valence-corrected chi connectivity index (χ1v) is 8.12. The lowest BCUT2D eigenvalue weighted by molar-refractivity contribution is 0.581. The van der Waals surface area contributed by atoms with Gasteiger partial charge >= 0.3 is 0 Å². The minimum atomic E-state index is -3.47. The first kappa shape index (κ1) is 15.3. The van der Waals surface area contributed by atoms with Crippen molar-refractivity contribution in [3.63, 3.8) is 0 Å². The average Bonchev–Trinajstić information content (AvgIpc) is 2.48. The first-order chi connectivity index (χ1) is 10.0. The third-order valence-corrected chi connectivity index (χ3v) is 4.67. The molecule has 0 fully saturated rings. The van der Waals surface area contributed by atoms with Crippen molar-refractivity contribution in [2.45, 2.75) is 18.2 Å². The predicted octanol–water partition coefficient (Wildman–Crippen LogP) is 2.50. The number of aryl methyl sites for hydroxylation is 1. The Kier molecular flexibility index (Phi) is 4.79. The molecule has 0 aliphatic carbocycles. The fraction of sp³-hybridized carbons (Fsp3) is 0.176. The maximum atomic E-state index is 12.1. The van der Waals surface area contributed by atoms with Crippen molar-refractivity contribution in [1.82, 2.24) is 4.72 Å². The second-order valence-electron chi connectivity index (χ2n) is 4.76. The van der Waals surface area contributed by atoms with Crippen LogP contribution in [-0.4, -0.2) is 15.0 Å². The largest absolute Gasteiger partial charge is 0.240 e. The van der Waals surface area contributed by atoms with Crippen molar-refractivity contribution in [3.8, 4) is 12.3 Å². The molecular formula is C17H17NO2S. The number of nitrogens with one attached hydrogen (secondary N) is 1. The monoisotopic (exact) mass is 299 g/mol. The molecule has 0 aliphatic heterocycles. The molecule has 2 rings (SSSR count). The van der Waals surface area contributed by atoms with Crippen LogP contribution in [0, 0.1) is 19.3 Å². The normalized spacial score (nSPS) is 11.0. The summed E-state index contributed by atoms with van der Waals surface area (Å²) < 4.78 is 26.9. The summed E-state index contributed by atoms with van der Waals surface area (Å²) in [6.07, 6.45) is 5.99. The molecule has 0 spiro atoms. The highest BCUT2D eigenvalue weighted by molar-refractivity contribution is 7.89. The number of rotatable bonds is 5. The van der Waals surface area contributed by atoms with Crippen LogP contribution in [0.15, 0.2) is 53.4 Å². The molecule has 0 saturated heterocycles. The van der Waals surface area contributed by atoms with E-state index >= 15 is 0 Å². The van der Waals surface area contributed by atoms with Crippen LogP contribution >= 0.6 is 0 Å². The van der Waals surface area contributed by atoms with E-state index in [1.165, 1.54) is 0 Å². The fourth-order valence-corrected chi connectivity index (χ4v) is 3.03. The van der Waals surface area contributed by atoms with Crippen molar-refractivity contribution >= 4 is 10.0 Å². The Balaban J connectivity index is 2.03. The van der Waals surface area contributed by atoms with Crippen LogP contribution in [0.3, 0.4) is 0 Å². The highest BCUT2D eigenvalue weighted by Crippen LogP contribution is 2.11. The quantitative estimate of drug-likeness (QED) is 0.862. The van der Waals surface area contributed by atoms with Gasteiger partial charge in [-0.3, -0.25) is 0 Å². The molecule has 0 bridgehead atoms. The summed E-state index contributed by atoms with van der Waals surface area (Å²) >= 11 is 0. The van der Waals surface area contributed by atoms with Crippen molar-refractivity contribution in [1.29, 1.82) is 0 Å². The lowest BCUT2D eigenvalue weighted by atomic mass is 10.1. The van der Waals surface area contributed by atoms with Crippen LogP contribution in [0.5, 0.6) is 0 Å². The predicted molar refractivity (Wildman–Crippen MR) is 84.4 cm³/mol. The van der Waals surface area contributed by atoms with Gasteiger partial charge in [-0.2, -0.15) is 0 Å². The SMILES string of the molecule is C#Cc1ccccc1CCNS(=O)(=O)c1ccc(C)cc1. The molecule has 2 aromatic rings. The molecule has 0 aliphatic rings. The van der Waals surface area contributed by atoms with Crippen molar-refractivity contribution in [2.75, 3.05) is 6.54 Å². The molecular weight excluding hydrogens is 282 g/mol. The zero-order valence-electron chi connectivity index (χ0n) is 11.8. The second kappa shape index (κ2) is 6.57. The summed E-state index contributed by atoms with van der Waals surface area (Å²) in [6.45, 7) is 2.23. The van der Waals surface area contributed by atoms with Crippen LogP contribution in [0.25, 0.3) is 0 Å². The Morgan fingerprint density at radius 1 is 1.10 bits per heavy atom. The standard InChI is InChI=1S/C17H17NO2S/c1-3-15-6-4-5-7-16(15)12-13-18-21(19,20)17-10-8-14(2)9-11-17/h1,4-11,18H,12-13H2,2H3. The van der Waals surface area contributed by atoms with Gasteiger partial charge in [0, 0.05) is 12.1 Å². The molecule has 0 unspecified atom stereocenters. The van der Waals surface area contributed by atoms with Gasteiger partial charge < -0.3 is 0 Å². The number of hydrogen-bond donors (Lipinski definition) is 1. The Morgan fingerprint density at radius 2 is 1.76 bits per heavy atom. The van der Waals surface area contributed by atoms with Gasteiger partial charge in [0.2, 0.25) is 10.0 Å². The molecule has 0 heterocycles. The van der Waals surface area contributed by atoms with Gasteiger partial charge in [-0.25, -0.2) is 13.1 Å². The number of sulfonamides is 1. The summed E-state index contributed by atoms with van der Waals surface area (Å²) in [5.74, 6) is 2.60. The van der Waals surface area contributed by atoms with E-state index in [9.17, 15) is 8.42 Å². The summed E-state index contributed by atoms with van der Waals surface area (Å²) in [7, 11) is -3.47. The van der Waals surface area contributed by atoms with E-state index in [-0.39, 0.29) is 4.90 Å². The lowest BCUT2D eigenvalue weighted by Gasteiger charge is -2.08. The second-order valence-corrected chi connectivity index (χ2v) is 6.53. The van der Waals surface area contributed by atoms with E-state index in [0.717, 1.165) is 16.7 Å². The molecule has 1 N–H and O–H groups in total. The number of terminal acetylenes is 1. The van der Waals surface area contributed by atoms with Crippen molar-refractivity contribution in [2.24, 2.45) is 0 Å². The smallest absolute Gasteiger partial charge is 0.211 e. The molecule has 3 nitrogen and oxygen atoms in total. The molecule has 2 aromatic carbocycles. The lowest BCUT2D eigenvalue weighted by Crippen LogP contribution is -2.26. The fourth-order valence-electron chi connectivity index (χ4n) is 2.00. The molecule has 4 heteroatoms. The highest BCUT2D eigenvalue weighted by atomic mass is 32.2. The van der Waals surface area contributed by atoms with E-state index < -0.39 is 10.0 Å². The summed E-state index contributed by atoms with van der Waals surface area (Å²) in [6, 6.07) is 14.3. The van der Waals surface area contributed by atoms with Gasteiger partial charge in [0.05, 0.1) is 4.90 Å². The van der Waals surface area contributed by atoms with Crippen molar-refractivity contribution in [3.05, 3.63) is 65.2 Å². The van der Waals surface area contributed by atoms with E-state index in [2.05, 4.69) is 10.6 Å². The molecule has 0 radical (unpaired) electrons.